The molecule has 0 aliphatic heterocycles. The van der Waals surface area contributed by atoms with Crippen LogP contribution in [-0.4, -0.2) is 18.6 Å². The maximum absolute atomic E-state index is 5.20. The van der Waals surface area contributed by atoms with Gasteiger partial charge in [0.05, 0.1) is 7.11 Å². The molecule has 3 nitrogen and oxygen atoms in total. The number of aromatic nitrogens is 1. The van der Waals surface area contributed by atoms with Crippen LogP contribution in [0.25, 0.3) is 0 Å². The Morgan fingerprint density at radius 1 is 1.20 bits per heavy atom. The van der Waals surface area contributed by atoms with Crippen molar-refractivity contribution >= 4 is 0 Å². The zero-order valence-electron chi connectivity index (χ0n) is 12.2. The number of methoxy groups -OCH3 is 1. The van der Waals surface area contributed by atoms with Crippen molar-refractivity contribution in [3.05, 3.63) is 59.9 Å². The fraction of sp³-hybridized carbons (Fsp3) is 0.353. The number of hydrogen-bond donors (Lipinski definition) is 1. The lowest BCUT2D eigenvalue weighted by Gasteiger charge is -2.19. The summed E-state index contributed by atoms with van der Waals surface area (Å²) in [5.41, 5.74) is 2.53. The molecular formula is C17H22N2O. The monoisotopic (exact) mass is 270 g/mol. The largest absolute Gasteiger partial charge is 0.497 e. The Balaban J connectivity index is 2.10. The molecule has 0 saturated heterocycles. The van der Waals surface area contributed by atoms with Gasteiger partial charge >= 0.3 is 0 Å². The van der Waals surface area contributed by atoms with Gasteiger partial charge < -0.3 is 10.1 Å². The minimum absolute atomic E-state index is 0.303. The van der Waals surface area contributed by atoms with Crippen molar-refractivity contribution in [3.63, 3.8) is 0 Å². The molecule has 1 N–H and O–H groups in total. The average molecular weight is 270 g/mol. The molecule has 0 aliphatic rings. The highest BCUT2D eigenvalue weighted by atomic mass is 16.5. The number of ether oxygens (including phenoxy) is 1. The van der Waals surface area contributed by atoms with E-state index in [2.05, 4.69) is 35.4 Å². The second-order valence-electron chi connectivity index (χ2n) is 4.85. The Kier molecular flexibility index (Phi) is 5.56. The molecule has 0 fully saturated rings. The Bertz CT molecular complexity index is 496. The third-order valence-electron chi connectivity index (χ3n) is 3.33. The summed E-state index contributed by atoms with van der Waals surface area (Å²) in [6, 6.07) is 12.7. The van der Waals surface area contributed by atoms with Crippen LogP contribution in [0.3, 0.4) is 0 Å². The minimum Gasteiger partial charge on any atom is -0.497 e. The van der Waals surface area contributed by atoms with Crippen molar-refractivity contribution < 1.29 is 4.74 Å². The summed E-state index contributed by atoms with van der Waals surface area (Å²) < 4.78 is 5.20. The van der Waals surface area contributed by atoms with Gasteiger partial charge in [0.1, 0.15) is 5.75 Å². The van der Waals surface area contributed by atoms with Gasteiger partial charge in [0.2, 0.25) is 0 Å². The number of nitrogens with zero attached hydrogens (tertiary/aromatic N) is 1. The van der Waals surface area contributed by atoms with Crippen LogP contribution in [0.2, 0.25) is 0 Å². The molecule has 1 heterocycles. The van der Waals surface area contributed by atoms with Crippen LogP contribution in [0.4, 0.5) is 0 Å². The quantitative estimate of drug-likeness (QED) is 0.837. The molecule has 1 unspecified atom stereocenters. The molecule has 0 saturated carbocycles. The Morgan fingerprint density at radius 3 is 2.60 bits per heavy atom. The first-order valence-corrected chi connectivity index (χ1v) is 7.09. The van der Waals surface area contributed by atoms with E-state index >= 15 is 0 Å². The first kappa shape index (κ1) is 14.5. The fourth-order valence-corrected chi connectivity index (χ4v) is 2.21. The zero-order valence-corrected chi connectivity index (χ0v) is 12.2. The number of pyridine rings is 1. The van der Waals surface area contributed by atoms with E-state index in [0.29, 0.717) is 6.04 Å². The van der Waals surface area contributed by atoms with Gasteiger partial charge in [-0.15, -0.1) is 0 Å². The molecule has 0 bridgehead atoms. The minimum atomic E-state index is 0.303. The van der Waals surface area contributed by atoms with Crippen molar-refractivity contribution in [2.75, 3.05) is 13.7 Å². The fourth-order valence-electron chi connectivity index (χ4n) is 2.21. The van der Waals surface area contributed by atoms with Crippen molar-refractivity contribution in [1.82, 2.24) is 10.3 Å². The Hall–Kier alpha value is -1.87. The second-order valence-corrected chi connectivity index (χ2v) is 4.85. The summed E-state index contributed by atoms with van der Waals surface area (Å²) in [4.78, 5) is 4.22. The number of nitrogens with one attached hydrogen (secondary N) is 1. The first-order chi connectivity index (χ1) is 9.83. The van der Waals surface area contributed by atoms with Gasteiger partial charge in [0, 0.05) is 18.4 Å². The summed E-state index contributed by atoms with van der Waals surface area (Å²) in [6.07, 6.45) is 5.83. The molecule has 1 aromatic heterocycles. The normalized spacial score (nSPS) is 12.1. The molecule has 0 radical (unpaired) electrons. The van der Waals surface area contributed by atoms with Crippen LogP contribution in [0, 0.1) is 0 Å². The van der Waals surface area contributed by atoms with Crippen LogP contribution in [0.5, 0.6) is 5.75 Å². The van der Waals surface area contributed by atoms with Gasteiger partial charge in [0.15, 0.2) is 0 Å². The highest BCUT2D eigenvalue weighted by Crippen LogP contribution is 2.19. The summed E-state index contributed by atoms with van der Waals surface area (Å²) in [7, 11) is 1.69. The van der Waals surface area contributed by atoms with Gasteiger partial charge in [-0.05, 0) is 48.7 Å². The van der Waals surface area contributed by atoms with Crippen LogP contribution in [0.15, 0.2) is 48.8 Å². The highest BCUT2D eigenvalue weighted by Gasteiger charge is 2.11. The molecule has 3 heteroatoms. The molecule has 1 atom stereocenters. The molecule has 1 aromatic carbocycles. The van der Waals surface area contributed by atoms with E-state index < -0.39 is 0 Å². The van der Waals surface area contributed by atoms with E-state index in [0.717, 1.165) is 25.1 Å². The lowest BCUT2D eigenvalue weighted by Crippen LogP contribution is -2.24. The molecular weight excluding hydrogens is 248 g/mol. The highest BCUT2D eigenvalue weighted by molar-refractivity contribution is 5.29. The molecule has 20 heavy (non-hydrogen) atoms. The molecule has 0 spiro atoms. The molecule has 2 rings (SSSR count). The summed E-state index contributed by atoms with van der Waals surface area (Å²) >= 11 is 0. The summed E-state index contributed by atoms with van der Waals surface area (Å²) in [5.74, 6) is 0.896. The van der Waals surface area contributed by atoms with Crippen LogP contribution in [-0.2, 0) is 6.42 Å². The predicted octanol–water partition coefficient (Wildman–Crippen LogP) is 3.37. The van der Waals surface area contributed by atoms with E-state index in [1.54, 1.807) is 7.11 Å². The molecule has 0 aliphatic carbocycles. The average Bonchev–Trinajstić information content (AvgIpc) is 2.53. The standard InChI is InChI=1S/C17H22N2O/c1-3-10-19-17(15-5-4-11-18-13-15)12-14-6-8-16(20-2)9-7-14/h4-9,11,13,17,19H,3,10,12H2,1-2H3. The van der Waals surface area contributed by atoms with Crippen molar-refractivity contribution in [3.8, 4) is 5.75 Å². The van der Waals surface area contributed by atoms with Gasteiger partial charge in [-0.25, -0.2) is 0 Å². The number of benzene rings is 1. The number of hydrogen-bond acceptors (Lipinski definition) is 3. The third-order valence-corrected chi connectivity index (χ3v) is 3.33. The summed E-state index contributed by atoms with van der Waals surface area (Å²) in [5, 5.41) is 3.59. The zero-order chi connectivity index (χ0) is 14.2. The van der Waals surface area contributed by atoms with Gasteiger partial charge in [-0.1, -0.05) is 25.1 Å². The second kappa shape index (κ2) is 7.65. The van der Waals surface area contributed by atoms with E-state index in [1.165, 1.54) is 11.1 Å². The van der Waals surface area contributed by atoms with Gasteiger partial charge in [0.25, 0.3) is 0 Å². The van der Waals surface area contributed by atoms with E-state index in [9.17, 15) is 0 Å². The SMILES string of the molecule is CCCNC(Cc1ccc(OC)cc1)c1cccnc1. The third kappa shape index (κ3) is 4.07. The molecule has 106 valence electrons. The molecule has 0 amide bonds. The lowest BCUT2D eigenvalue weighted by atomic mass is 10.00. The van der Waals surface area contributed by atoms with Crippen LogP contribution < -0.4 is 10.1 Å². The van der Waals surface area contributed by atoms with Crippen molar-refractivity contribution in [1.29, 1.82) is 0 Å². The summed E-state index contributed by atoms with van der Waals surface area (Å²) in [6.45, 7) is 3.19. The number of rotatable bonds is 7. The van der Waals surface area contributed by atoms with Gasteiger partial charge in [-0.2, -0.15) is 0 Å². The van der Waals surface area contributed by atoms with Crippen LogP contribution >= 0.6 is 0 Å². The smallest absolute Gasteiger partial charge is 0.118 e. The molecule has 2 aromatic rings. The van der Waals surface area contributed by atoms with E-state index in [4.69, 9.17) is 4.74 Å². The van der Waals surface area contributed by atoms with Crippen molar-refractivity contribution in [2.45, 2.75) is 25.8 Å². The topological polar surface area (TPSA) is 34.1 Å². The van der Waals surface area contributed by atoms with E-state index in [-0.39, 0.29) is 0 Å². The Labute approximate surface area is 121 Å². The van der Waals surface area contributed by atoms with E-state index in [1.807, 2.05) is 30.6 Å². The maximum Gasteiger partial charge on any atom is 0.118 e. The maximum atomic E-state index is 5.20. The Morgan fingerprint density at radius 2 is 2.00 bits per heavy atom. The predicted molar refractivity (Wildman–Crippen MR) is 82.0 cm³/mol. The van der Waals surface area contributed by atoms with Crippen molar-refractivity contribution in [2.24, 2.45) is 0 Å². The van der Waals surface area contributed by atoms with Crippen LogP contribution in [0.1, 0.15) is 30.5 Å². The first-order valence-electron chi connectivity index (χ1n) is 7.09. The van der Waals surface area contributed by atoms with Gasteiger partial charge in [-0.3, -0.25) is 4.98 Å². The lowest BCUT2D eigenvalue weighted by molar-refractivity contribution is 0.414.